The van der Waals surface area contributed by atoms with Gasteiger partial charge < -0.3 is 15.0 Å². The molecule has 0 spiro atoms. The lowest BCUT2D eigenvalue weighted by Crippen LogP contribution is -2.52. The van der Waals surface area contributed by atoms with Crippen molar-refractivity contribution in [3.63, 3.8) is 0 Å². The van der Waals surface area contributed by atoms with Crippen LogP contribution in [0.15, 0.2) is 72.8 Å². The fraction of sp³-hybridized carbons (Fsp3) is 0.310. The largest absolute Gasteiger partial charge is 0.483 e. The number of nitrogens with one attached hydrogen (secondary N) is 1. The summed E-state index contributed by atoms with van der Waals surface area (Å²) >= 11 is 6.44. The van der Waals surface area contributed by atoms with Crippen LogP contribution in [0.4, 0.5) is 0 Å². The summed E-state index contributed by atoms with van der Waals surface area (Å²) in [5.41, 5.74) is 3.80. The number of benzene rings is 3. The minimum atomic E-state index is -0.731. The van der Waals surface area contributed by atoms with E-state index in [0.717, 1.165) is 22.3 Å². The normalized spacial score (nSPS) is 11.7. The molecule has 3 rings (SSSR count). The van der Waals surface area contributed by atoms with Gasteiger partial charge in [-0.15, -0.1) is 0 Å². The third-order valence-electron chi connectivity index (χ3n) is 5.91. The standard InChI is InChI=1S/C29H33ClN2O3/c1-20(2)31-29(34)26(17-23-12-6-5-7-13-23)32(18-24-14-8-9-15-25(24)30)28(33)19-35-27-16-10-11-21(3)22(27)4/h5-16,20,26H,17-19H2,1-4H3,(H,31,34). The first kappa shape index (κ1) is 26.3. The van der Waals surface area contributed by atoms with Gasteiger partial charge in [-0.25, -0.2) is 0 Å². The van der Waals surface area contributed by atoms with Gasteiger partial charge in [-0.3, -0.25) is 9.59 Å². The molecule has 1 N–H and O–H groups in total. The van der Waals surface area contributed by atoms with Gasteiger partial charge in [0.15, 0.2) is 6.61 Å². The zero-order valence-electron chi connectivity index (χ0n) is 20.8. The lowest BCUT2D eigenvalue weighted by Gasteiger charge is -2.32. The summed E-state index contributed by atoms with van der Waals surface area (Å²) in [5, 5.41) is 3.53. The zero-order chi connectivity index (χ0) is 25.4. The highest BCUT2D eigenvalue weighted by atomic mass is 35.5. The van der Waals surface area contributed by atoms with Gasteiger partial charge in [0.05, 0.1) is 0 Å². The molecule has 0 saturated carbocycles. The molecule has 2 amide bonds. The van der Waals surface area contributed by atoms with Crippen molar-refractivity contribution in [2.24, 2.45) is 0 Å². The minimum absolute atomic E-state index is 0.0655. The first-order valence-corrected chi connectivity index (χ1v) is 12.2. The predicted octanol–water partition coefficient (Wildman–Crippen LogP) is 5.50. The summed E-state index contributed by atoms with van der Waals surface area (Å²) in [5.74, 6) is 0.156. The van der Waals surface area contributed by atoms with Gasteiger partial charge >= 0.3 is 0 Å². The molecule has 5 nitrogen and oxygen atoms in total. The molecule has 1 atom stereocenters. The van der Waals surface area contributed by atoms with E-state index in [1.807, 2.05) is 94.4 Å². The minimum Gasteiger partial charge on any atom is -0.483 e. The number of carbonyl (C=O) groups excluding carboxylic acids is 2. The van der Waals surface area contributed by atoms with E-state index in [2.05, 4.69) is 5.32 Å². The van der Waals surface area contributed by atoms with Crippen LogP contribution in [0, 0.1) is 13.8 Å². The Kier molecular flexibility index (Phi) is 9.32. The average molecular weight is 493 g/mol. The Morgan fingerprint density at radius 3 is 2.31 bits per heavy atom. The van der Waals surface area contributed by atoms with Crippen molar-refractivity contribution in [1.82, 2.24) is 10.2 Å². The van der Waals surface area contributed by atoms with Crippen LogP contribution in [-0.4, -0.2) is 35.4 Å². The molecule has 0 saturated heterocycles. The molecular weight excluding hydrogens is 460 g/mol. The lowest BCUT2D eigenvalue weighted by atomic mass is 10.0. The van der Waals surface area contributed by atoms with Crippen LogP contribution < -0.4 is 10.1 Å². The van der Waals surface area contributed by atoms with Crippen LogP contribution in [-0.2, 0) is 22.6 Å². The Morgan fingerprint density at radius 2 is 1.63 bits per heavy atom. The summed E-state index contributed by atoms with van der Waals surface area (Å²) in [4.78, 5) is 28.6. The molecule has 0 heterocycles. The van der Waals surface area contributed by atoms with Crippen LogP contribution in [0.2, 0.25) is 5.02 Å². The van der Waals surface area contributed by atoms with Gasteiger partial charge in [0.25, 0.3) is 5.91 Å². The quantitative estimate of drug-likeness (QED) is 0.406. The number of halogens is 1. The number of hydrogen-bond acceptors (Lipinski definition) is 3. The van der Waals surface area contributed by atoms with Crippen molar-refractivity contribution in [2.45, 2.75) is 52.7 Å². The Bertz CT molecular complexity index is 1150. The second-order valence-electron chi connectivity index (χ2n) is 8.97. The third kappa shape index (κ3) is 7.33. The fourth-order valence-electron chi connectivity index (χ4n) is 3.85. The fourth-order valence-corrected chi connectivity index (χ4v) is 4.04. The van der Waals surface area contributed by atoms with Crippen LogP contribution >= 0.6 is 11.6 Å². The summed E-state index contributed by atoms with van der Waals surface area (Å²) in [6.07, 6.45) is 0.374. The van der Waals surface area contributed by atoms with Gasteiger partial charge in [0, 0.05) is 24.0 Å². The Labute approximate surface area is 213 Å². The van der Waals surface area contributed by atoms with Gasteiger partial charge in [-0.2, -0.15) is 0 Å². The van der Waals surface area contributed by atoms with Crippen LogP contribution in [0.25, 0.3) is 0 Å². The number of carbonyl (C=O) groups is 2. The SMILES string of the molecule is Cc1cccc(OCC(=O)N(Cc2ccccc2Cl)C(Cc2ccccc2)C(=O)NC(C)C)c1C. The summed E-state index contributed by atoms with van der Waals surface area (Å²) in [7, 11) is 0. The van der Waals surface area contributed by atoms with E-state index in [9.17, 15) is 9.59 Å². The molecule has 0 aliphatic heterocycles. The molecule has 0 bridgehead atoms. The van der Waals surface area contributed by atoms with E-state index < -0.39 is 6.04 Å². The maximum atomic E-state index is 13.6. The summed E-state index contributed by atoms with van der Waals surface area (Å²) in [6.45, 7) is 7.78. The van der Waals surface area contributed by atoms with E-state index in [0.29, 0.717) is 17.2 Å². The Balaban J connectivity index is 1.94. The van der Waals surface area contributed by atoms with E-state index in [-0.39, 0.29) is 31.0 Å². The highest BCUT2D eigenvalue weighted by Gasteiger charge is 2.31. The molecule has 1 unspecified atom stereocenters. The van der Waals surface area contributed by atoms with E-state index in [1.165, 1.54) is 0 Å². The van der Waals surface area contributed by atoms with Crippen molar-refractivity contribution in [2.75, 3.05) is 6.61 Å². The topological polar surface area (TPSA) is 58.6 Å². The van der Waals surface area contributed by atoms with Gasteiger partial charge in [0.2, 0.25) is 5.91 Å². The molecule has 3 aromatic carbocycles. The predicted molar refractivity (Wildman–Crippen MR) is 141 cm³/mol. The number of rotatable bonds is 10. The molecular formula is C29H33ClN2O3. The van der Waals surface area contributed by atoms with Gasteiger partial charge in [-0.05, 0) is 62.1 Å². The maximum absolute atomic E-state index is 13.6. The smallest absolute Gasteiger partial charge is 0.261 e. The number of aryl methyl sites for hydroxylation is 1. The molecule has 0 fully saturated rings. The van der Waals surface area contributed by atoms with Crippen molar-refractivity contribution in [3.05, 3.63) is 100 Å². The van der Waals surface area contributed by atoms with Crippen LogP contribution in [0.3, 0.4) is 0 Å². The Hall–Kier alpha value is -3.31. The van der Waals surface area contributed by atoms with E-state index in [1.54, 1.807) is 11.0 Å². The van der Waals surface area contributed by atoms with E-state index >= 15 is 0 Å². The van der Waals surface area contributed by atoms with Crippen LogP contribution in [0.1, 0.15) is 36.1 Å². The van der Waals surface area contributed by atoms with Crippen LogP contribution in [0.5, 0.6) is 5.75 Å². The first-order valence-electron chi connectivity index (χ1n) is 11.8. The second-order valence-corrected chi connectivity index (χ2v) is 9.38. The molecule has 0 radical (unpaired) electrons. The van der Waals surface area contributed by atoms with E-state index in [4.69, 9.17) is 16.3 Å². The number of amides is 2. The monoisotopic (exact) mass is 492 g/mol. The average Bonchev–Trinajstić information content (AvgIpc) is 2.83. The zero-order valence-corrected chi connectivity index (χ0v) is 21.5. The molecule has 0 aliphatic rings. The number of hydrogen-bond donors (Lipinski definition) is 1. The molecule has 6 heteroatoms. The highest BCUT2D eigenvalue weighted by Crippen LogP contribution is 2.23. The molecule has 0 aromatic heterocycles. The second kappa shape index (κ2) is 12.4. The molecule has 3 aromatic rings. The van der Waals surface area contributed by atoms with Gasteiger partial charge in [-0.1, -0.05) is 72.3 Å². The molecule has 35 heavy (non-hydrogen) atoms. The summed E-state index contributed by atoms with van der Waals surface area (Å²) < 4.78 is 5.93. The first-order chi connectivity index (χ1) is 16.8. The number of ether oxygens (including phenoxy) is 1. The van der Waals surface area contributed by atoms with Gasteiger partial charge in [0.1, 0.15) is 11.8 Å². The number of nitrogens with zero attached hydrogens (tertiary/aromatic N) is 1. The lowest BCUT2D eigenvalue weighted by molar-refractivity contribution is -0.143. The molecule has 184 valence electrons. The third-order valence-corrected chi connectivity index (χ3v) is 6.28. The van der Waals surface area contributed by atoms with Crippen molar-refractivity contribution < 1.29 is 14.3 Å². The van der Waals surface area contributed by atoms with Crippen molar-refractivity contribution in [3.8, 4) is 5.75 Å². The molecule has 0 aliphatic carbocycles. The summed E-state index contributed by atoms with van der Waals surface area (Å²) in [6, 6.07) is 22.0. The highest BCUT2D eigenvalue weighted by molar-refractivity contribution is 6.31. The van der Waals surface area contributed by atoms with Crippen molar-refractivity contribution >= 4 is 23.4 Å². The Morgan fingerprint density at radius 1 is 0.943 bits per heavy atom. The maximum Gasteiger partial charge on any atom is 0.261 e. The van der Waals surface area contributed by atoms with Crippen molar-refractivity contribution in [1.29, 1.82) is 0 Å².